The zero-order valence-electron chi connectivity index (χ0n) is 13.1. The molecule has 24 heavy (non-hydrogen) atoms. The van der Waals surface area contributed by atoms with E-state index in [4.69, 9.17) is 5.10 Å². The molecule has 0 atom stereocenters. The molecule has 122 valence electrons. The molecule has 2 heterocycles. The highest BCUT2D eigenvalue weighted by Gasteiger charge is 2.21. The molecule has 0 saturated carbocycles. The highest BCUT2D eigenvalue weighted by molar-refractivity contribution is 14.1. The molecule has 3 nitrogen and oxygen atoms in total. The van der Waals surface area contributed by atoms with Gasteiger partial charge in [0.25, 0.3) is 0 Å². The van der Waals surface area contributed by atoms with Crippen molar-refractivity contribution in [3.8, 4) is 16.9 Å². The van der Waals surface area contributed by atoms with Gasteiger partial charge in [-0.25, -0.2) is 4.68 Å². The van der Waals surface area contributed by atoms with Gasteiger partial charge in [-0.05, 0) is 72.2 Å². The zero-order chi connectivity index (χ0) is 16.5. The quantitative estimate of drug-likeness (QED) is 0.467. The molecule has 0 radical (unpaired) electrons. The standard InChI is InChI=1S/C19H17BrIN3/c20-14-4-3-5-16(12-14)24-19-17(6-1-2-11-22-19)18(23-24)13-7-9-15(21)10-8-13/h3-5,7-10,12,22H,1-2,6,11H2. The predicted octanol–water partition coefficient (Wildman–Crippen LogP) is 5.65. The number of nitrogens with zero attached hydrogens (tertiary/aromatic N) is 2. The van der Waals surface area contributed by atoms with E-state index in [0.29, 0.717) is 0 Å². The third-order valence-corrected chi connectivity index (χ3v) is 5.51. The minimum atomic E-state index is 0.999. The van der Waals surface area contributed by atoms with Crippen molar-refractivity contribution in [2.75, 3.05) is 11.9 Å². The molecule has 2 aromatic carbocycles. The van der Waals surface area contributed by atoms with Crippen molar-refractivity contribution in [2.24, 2.45) is 0 Å². The van der Waals surface area contributed by atoms with Crippen molar-refractivity contribution >= 4 is 44.3 Å². The monoisotopic (exact) mass is 493 g/mol. The summed E-state index contributed by atoms with van der Waals surface area (Å²) in [7, 11) is 0. The number of benzene rings is 2. The van der Waals surface area contributed by atoms with Gasteiger partial charge < -0.3 is 5.32 Å². The second-order valence-corrected chi connectivity index (χ2v) is 8.12. The summed E-state index contributed by atoms with van der Waals surface area (Å²) in [5.74, 6) is 1.14. The first-order chi connectivity index (χ1) is 11.7. The van der Waals surface area contributed by atoms with E-state index in [1.807, 2.05) is 6.07 Å². The van der Waals surface area contributed by atoms with Crippen LogP contribution in [0.2, 0.25) is 0 Å². The van der Waals surface area contributed by atoms with Crippen LogP contribution in [-0.4, -0.2) is 16.3 Å². The van der Waals surface area contributed by atoms with Crippen LogP contribution in [0.25, 0.3) is 16.9 Å². The molecule has 1 aromatic heterocycles. The molecule has 1 aliphatic heterocycles. The second kappa shape index (κ2) is 6.88. The summed E-state index contributed by atoms with van der Waals surface area (Å²) < 4.78 is 4.36. The summed E-state index contributed by atoms with van der Waals surface area (Å²) in [6.07, 6.45) is 3.46. The number of aromatic nitrogens is 2. The third-order valence-electron chi connectivity index (χ3n) is 4.30. The van der Waals surface area contributed by atoms with E-state index in [1.54, 1.807) is 0 Å². The Bertz CT molecular complexity index is 871. The molecule has 4 rings (SSSR count). The molecule has 1 N–H and O–H groups in total. The molecule has 1 aliphatic rings. The Morgan fingerprint density at radius 2 is 1.92 bits per heavy atom. The number of halogens is 2. The molecular formula is C19H17BrIN3. The van der Waals surface area contributed by atoms with Crippen molar-refractivity contribution in [1.82, 2.24) is 9.78 Å². The van der Waals surface area contributed by atoms with Crippen molar-refractivity contribution in [1.29, 1.82) is 0 Å². The molecule has 0 spiro atoms. The number of hydrogen-bond donors (Lipinski definition) is 1. The van der Waals surface area contributed by atoms with Crippen LogP contribution in [0.15, 0.2) is 53.0 Å². The van der Waals surface area contributed by atoms with Gasteiger partial charge in [-0.1, -0.05) is 34.1 Å². The van der Waals surface area contributed by atoms with E-state index in [1.165, 1.54) is 27.5 Å². The van der Waals surface area contributed by atoms with Crippen LogP contribution in [0.5, 0.6) is 0 Å². The Morgan fingerprint density at radius 3 is 2.71 bits per heavy atom. The van der Waals surface area contributed by atoms with Gasteiger partial charge >= 0.3 is 0 Å². The van der Waals surface area contributed by atoms with Gasteiger partial charge in [0.1, 0.15) is 5.82 Å². The smallest absolute Gasteiger partial charge is 0.133 e. The molecule has 5 heteroatoms. The predicted molar refractivity (Wildman–Crippen MR) is 111 cm³/mol. The third kappa shape index (κ3) is 3.11. The summed E-state index contributed by atoms with van der Waals surface area (Å²) in [5.41, 5.74) is 4.68. The summed E-state index contributed by atoms with van der Waals surface area (Å²) >= 11 is 5.91. The maximum Gasteiger partial charge on any atom is 0.133 e. The Morgan fingerprint density at radius 1 is 1.08 bits per heavy atom. The number of nitrogens with one attached hydrogen (secondary N) is 1. The molecular weight excluding hydrogens is 477 g/mol. The maximum absolute atomic E-state index is 4.98. The van der Waals surface area contributed by atoms with Crippen molar-refractivity contribution < 1.29 is 0 Å². The van der Waals surface area contributed by atoms with Gasteiger partial charge in [0, 0.05) is 25.7 Å². The number of fused-ring (bicyclic) bond motifs is 1. The van der Waals surface area contributed by atoms with E-state index in [-0.39, 0.29) is 0 Å². The molecule has 0 saturated heterocycles. The van der Waals surface area contributed by atoms with Gasteiger partial charge in [0.05, 0.1) is 11.4 Å². The fourth-order valence-electron chi connectivity index (χ4n) is 3.14. The van der Waals surface area contributed by atoms with Gasteiger partial charge in [0.2, 0.25) is 0 Å². The molecule has 3 aromatic rings. The lowest BCUT2D eigenvalue weighted by Crippen LogP contribution is -2.07. The minimum absolute atomic E-state index is 0.999. The minimum Gasteiger partial charge on any atom is -0.370 e. The Balaban J connectivity index is 1.90. The summed E-state index contributed by atoms with van der Waals surface area (Å²) in [6.45, 7) is 0.999. The van der Waals surface area contributed by atoms with Crippen LogP contribution >= 0.6 is 38.5 Å². The zero-order valence-corrected chi connectivity index (χ0v) is 16.8. The van der Waals surface area contributed by atoms with Crippen LogP contribution in [-0.2, 0) is 6.42 Å². The summed E-state index contributed by atoms with van der Waals surface area (Å²) in [4.78, 5) is 0. The molecule has 0 aliphatic carbocycles. The van der Waals surface area contributed by atoms with Crippen LogP contribution < -0.4 is 5.32 Å². The summed E-state index contributed by atoms with van der Waals surface area (Å²) in [5, 5.41) is 8.57. The van der Waals surface area contributed by atoms with Crippen LogP contribution in [0.1, 0.15) is 18.4 Å². The average Bonchev–Trinajstić information content (AvgIpc) is 2.77. The Hall–Kier alpha value is -1.34. The first-order valence-electron chi connectivity index (χ1n) is 8.10. The fourth-order valence-corrected chi connectivity index (χ4v) is 3.88. The van der Waals surface area contributed by atoms with Crippen LogP contribution in [0.4, 0.5) is 5.82 Å². The molecule has 0 amide bonds. The van der Waals surface area contributed by atoms with Gasteiger partial charge in [-0.3, -0.25) is 0 Å². The van der Waals surface area contributed by atoms with Crippen molar-refractivity contribution in [2.45, 2.75) is 19.3 Å². The topological polar surface area (TPSA) is 29.9 Å². The number of hydrogen-bond acceptors (Lipinski definition) is 2. The molecule has 0 fully saturated rings. The van der Waals surface area contributed by atoms with Crippen molar-refractivity contribution in [3.05, 3.63) is 62.1 Å². The number of anilines is 1. The van der Waals surface area contributed by atoms with E-state index < -0.39 is 0 Å². The highest BCUT2D eigenvalue weighted by atomic mass is 127. The largest absolute Gasteiger partial charge is 0.370 e. The Labute approximate surface area is 163 Å². The van der Waals surface area contributed by atoms with E-state index >= 15 is 0 Å². The van der Waals surface area contributed by atoms with E-state index in [0.717, 1.165) is 34.6 Å². The highest BCUT2D eigenvalue weighted by Crippen LogP contribution is 2.34. The van der Waals surface area contributed by atoms with E-state index in [9.17, 15) is 0 Å². The van der Waals surface area contributed by atoms with Gasteiger partial charge in [0.15, 0.2) is 0 Å². The lowest BCUT2D eigenvalue weighted by Gasteiger charge is -2.09. The molecule has 0 bridgehead atoms. The first-order valence-corrected chi connectivity index (χ1v) is 9.97. The maximum atomic E-state index is 4.98. The van der Waals surface area contributed by atoms with Crippen LogP contribution in [0.3, 0.4) is 0 Å². The lowest BCUT2D eigenvalue weighted by molar-refractivity contribution is 0.780. The number of rotatable bonds is 2. The molecule has 0 unspecified atom stereocenters. The lowest BCUT2D eigenvalue weighted by atomic mass is 10.0. The second-order valence-electron chi connectivity index (χ2n) is 5.96. The Kier molecular flexibility index (Phi) is 4.63. The SMILES string of the molecule is Brc1cccc(-n2nc(-c3ccc(I)cc3)c3c2NCCCC3)c1. The van der Waals surface area contributed by atoms with Crippen LogP contribution in [0, 0.1) is 3.57 Å². The average molecular weight is 494 g/mol. The van der Waals surface area contributed by atoms with Gasteiger partial charge in [-0.2, -0.15) is 5.10 Å². The van der Waals surface area contributed by atoms with E-state index in [2.05, 4.69) is 91.0 Å². The van der Waals surface area contributed by atoms with Crippen molar-refractivity contribution in [3.63, 3.8) is 0 Å². The normalized spacial score (nSPS) is 13.9. The fraction of sp³-hybridized carbons (Fsp3) is 0.211. The first kappa shape index (κ1) is 16.1. The van der Waals surface area contributed by atoms with Gasteiger partial charge in [-0.15, -0.1) is 0 Å². The summed E-state index contributed by atoms with van der Waals surface area (Å²) in [6, 6.07) is 16.9.